The average Bonchev–Trinajstić information content (AvgIpc) is 2.79. The molecule has 0 spiro atoms. The van der Waals surface area contributed by atoms with Crippen molar-refractivity contribution in [3.63, 3.8) is 0 Å². The number of likely N-dealkylation sites (tertiary alicyclic amines) is 1. The Morgan fingerprint density at radius 2 is 2.00 bits per heavy atom. The second-order valence-corrected chi connectivity index (χ2v) is 7.20. The van der Waals surface area contributed by atoms with Gasteiger partial charge in [0.2, 0.25) is 0 Å². The van der Waals surface area contributed by atoms with Gasteiger partial charge in [0.25, 0.3) is 0 Å². The predicted molar refractivity (Wildman–Crippen MR) is 89.1 cm³/mol. The van der Waals surface area contributed by atoms with Gasteiger partial charge in [-0.05, 0) is 56.6 Å². The Morgan fingerprint density at radius 3 is 2.67 bits per heavy atom. The molecule has 2 heterocycles. The first-order valence-electron chi connectivity index (χ1n) is 7.40. The summed E-state index contributed by atoms with van der Waals surface area (Å²) in [6.45, 7) is 5.66. The lowest BCUT2D eigenvalue weighted by Gasteiger charge is -2.38. The highest BCUT2D eigenvalue weighted by atomic mass is 35.5. The molecule has 1 fully saturated rings. The van der Waals surface area contributed by atoms with Crippen LogP contribution in [-0.4, -0.2) is 34.6 Å². The minimum absolute atomic E-state index is 0.306. The van der Waals surface area contributed by atoms with Gasteiger partial charge in [-0.1, -0.05) is 18.5 Å². The largest absolute Gasteiger partial charge is 0.326 e. The van der Waals surface area contributed by atoms with Crippen molar-refractivity contribution in [3.05, 3.63) is 29.0 Å². The lowest BCUT2D eigenvalue weighted by Crippen LogP contribution is -2.38. The van der Waals surface area contributed by atoms with Crippen molar-refractivity contribution in [2.24, 2.45) is 5.41 Å². The minimum atomic E-state index is 0.306. The normalized spacial score (nSPS) is 19.2. The second kappa shape index (κ2) is 5.79. The van der Waals surface area contributed by atoms with E-state index in [0.29, 0.717) is 11.3 Å². The summed E-state index contributed by atoms with van der Waals surface area (Å²) in [4.78, 5) is 7.04. The molecule has 0 unspecified atom stereocenters. The predicted octanol–water partition coefficient (Wildman–Crippen LogP) is 4.16. The lowest BCUT2D eigenvalue weighted by molar-refractivity contribution is 0.121. The van der Waals surface area contributed by atoms with E-state index >= 15 is 0 Å². The molecule has 2 aromatic rings. The van der Waals surface area contributed by atoms with E-state index in [2.05, 4.69) is 34.5 Å². The van der Waals surface area contributed by atoms with Gasteiger partial charge in [0.1, 0.15) is 5.82 Å². The van der Waals surface area contributed by atoms with Gasteiger partial charge in [0.05, 0.1) is 16.9 Å². The Hall–Kier alpha value is -0.770. The van der Waals surface area contributed by atoms with Crippen LogP contribution in [0.25, 0.3) is 11.0 Å². The summed E-state index contributed by atoms with van der Waals surface area (Å²) in [7, 11) is 2.19. The molecule has 0 saturated carbocycles. The molecule has 21 heavy (non-hydrogen) atoms. The van der Waals surface area contributed by atoms with Crippen molar-refractivity contribution >= 4 is 34.2 Å². The first-order chi connectivity index (χ1) is 10.0. The molecular formula is C16H21Cl2N3. The Bertz CT molecular complexity index is 642. The van der Waals surface area contributed by atoms with Crippen molar-refractivity contribution in [1.29, 1.82) is 0 Å². The van der Waals surface area contributed by atoms with Gasteiger partial charge in [-0.3, -0.25) is 0 Å². The Morgan fingerprint density at radius 1 is 1.29 bits per heavy atom. The van der Waals surface area contributed by atoms with E-state index in [9.17, 15) is 0 Å². The topological polar surface area (TPSA) is 21.1 Å². The van der Waals surface area contributed by atoms with E-state index in [1.54, 1.807) is 0 Å². The minimum Gasteiger partial charge on any atom is -0.326 e. The van der Waals surface area contributed by atoms with Crippen molar-refractivity contribution in [3.8, 4) is 0 Å². The zero-order chi connectivity index (χ0) is 15.0. The fourth-order valence-electron chi connectivity index (χ4n) is 3.13. The molecule has 0 bridgehead atoms. The number of aromatic nitrogens is 2. The molecule has 1 aliphatic rings. The maximum absolute atomic E-state index is 6.11. The second-order valence-electron chi connectivity index (χ2n) is 6.49. The third-order valence-electron chi connectivity index (χ3n) is 4.64. The summed E-state index contributed by atoms with van der Waals surface area (Å²) in [5, 5.41) is 0.721. The van der Waals surface area contributed by atoms with Crippen LogP contribution < -0.4 is 0 Å². The number of rotatable bonds is 3. The Labute approximate surface area is 135 Å². The number of hydrogen-bond acceptors (Lipinski definition) is 2. The fraction of sp³-hybridized carbons (Fsp3) is 0.562. The highest BCUT2D eigenvalue weighted by molar-refractivity contribution is 6.31. The smallest absolute Gasteiger partial charge is 0.124 e. The van der Waals surface area contributed by atoms with Crippen LogP contribution in [-0.2, 0) is 12.4 Å². The van der Waals surface area contributed by atoms with E-state index < -0.39 is 0 Å². The molecule has 0 radical (unpaired) electrons. The van der Waals surface area contributed by atoms with Crippen LogP contribution in [0.1, 0.15) is 25.6 Å². The number of piperidine rings is 1. The first kappa shape index (κ1) is 15.1. The molecule has 3 nitrogen and oxygen atoms in total. The molecule has 1 aromatic carbocycles. The van der Waals surface area contributed by atoms with Gasteiger partial charge in [-0.25, -0.2) is 4.98 Å². The van der Waals surface area contributed by atoms with E-state index in [1.807, 2.05) is 12.1 Å². The number of nitrogens with zero attached hydrogens (tertiary/aromatic N) is 3. The van der Waals surface area contributed by atoms with E-state index in [1.165, 1.54) is 12.8 Å². The number of hydrogen-bond donors (Lipinski definition) is 0. The molecule has 0 aliphatic carbocycles. The highest BCUT2D eigenvalue weighted by Gasteiger charge is 2.30. The van der Waals surface area contributed by atoms with Crippen molar-refractivity contribution in [2.75, 3.05) is 20.1 Å². The van der Waals surface area contributed by atoms with Gasteiger partial charge in [0.15, 0.2) is 0 Å². The van der Waals surface area contributed by atoms with Gasteiger partial charge in [0, 0.05) is 11.6 Å². The van der Waals surface area contributed by atoms with Crippen LogP contribution in [0.15, 0.2) is 18.2 Å². The maximum Gasteiger partial charge on any atom is 0.124 e. The van der Waals surface area contributed by atoms with Crippen LogP contribution in [0, 0.1) is 5.41 Å². The van der Waals surface area contributed by atoms with Gasteiger partial charge in [-0.2, -0.15) is 0 Å². The van der Waals surface area contributed by atoms with Crippen LogP contribution in [0.3, 0.4) is 0 Å². The number of imidazole rings is 1. The van der Waals surface area contributed by atoms with Crippen molar-refractivity contribution in [2.45, 2.75) is 32.2 Å². The van der Waals surface area contributed by atoms with Crippen LogP contribution in [0.5, 0.6) is 0 Å². The quantitative estimate of drug-likeness (QED) is 0.790. The molecule has 0 N–H and O–H groups in total. The van der Waals surface area contributed by atoms with Gasteiger partial charge < -0.3 is 9.47 Å². The summed E-state index contributed by atoms with van der Waals surface area (Å²) in [5.41, 5.74) is 2.38. The Balaban J connectivity index is 1.96. The Kier molecular flexibility index (Phi) is 4.17. The molecule has 1 saturated heterocycles. The molecule has 0 atom stereocenters. The van der Waals surface area contributed by atoms with Crippen LogP contribution >= 0.6 is 23.2 Å². The van der Waals surface area contributed by atoms with Gasteiger partial charge >= 0.3 is 0 Å². The highest BCUT2D eigenvalue weighted by Crippen LogP contribution is 2.34. The number of halogens is 2. The SMILES string of the molecule is CN1CCC(C)(Cn2c(CCl)nc3cc(Cl)ccc32)CC1. The molecule has 114 valence electrons. The summed E-state index contributed by atoms with van der Waals surface area (Å²) in [6.07, 6.45) is 2.41. The summed E-state index contributed by atoms with van der Waals surface area (Å²) < 4.78 is 2.28. The average molecular weight is 326 g/mol. The van der Waals surface area contributed by atoms with Crippen LogP contribution in [0.4, 0.5) is 0 Å². The number of alkyl halides is 1. The standard InChI is InChI=1S/C16H21Cl2N3/c1-16(5-7-20(2)8-6-16)11-21-14-4-3-12(18)9-13(14)19-15(21)10-17/h3-4,9H,5-8,10-11H2,1-2H3. The van der Waals surface area contributed by atoms with E-state index in [-0.39, 0.29) is 0 Å². The zero-order valence-corrected chi connectivity index (χ0v) is 14.1. The van der Waals surface area contributed by atoms with Gasteiger partial charge in [-0.15, -0.1) is 11.6 Å². The molecule has 1 aliphatic heterocycles. The monoisotopic (exact) mass is 325 g/mol. The molecular weight excluding hydrogens is 305 g/mol. The molecule has 0 amide bonds. The maximum atomic E-state index is 6.11. The number of fused-ring (bicyclic) bond motifs is 1. The third kappa shape index (κ3) is 3.05. The van der Waals surface area contributed by atoms with E-state index in [4.69, 9.17) is 23.2 Å². The summed E-state index contributed by atoms with van der Waals surface area (Å²) in [5.74, 6) is 1.37. The summed E-state index contributed by atoms with van der Waals surface area (Å²) >= 11 is 12.2. The summed E-state index contributed by atoms with van der Waals surface area (Å²) in [6, 6.07) is 5.90. The van der Waals surface area contributed by atoms with Crippen molar-refractivity contribution < 1.29 is 0 Å². The zero-order valence-electron chi connectivity index (χ0n) is 12.6. The fourth-order valence-corrected chi connectivity index (χ4v) is 3.50. The molecule has 5 heteroatoms. The van der Waals surface area contributed by atoms with Crippen LogP contribution in [0.2, 0.25) is 5.02 Å². The molecule has 1 aromatic heterocycles. The lowest BCUT2D eigenvalue weighted by atomic mass is 9.80. The first-order valence-corrected chi connectivity index (χ1v) is 8.31. The third-order valence-corrected chi connectivity index (χ3v) is 5.12. The van der Waals surface area contributed by atoms with E-state index in [0.717, 1.165) is 41.5 Å². The number of benzene rings is 1. The van der Waals surface area contributed by atoms with Crippen molar-refractivity contribution in [1.82, 2.24) is 14.5 Å². The molecule has 3 rings (SSSR count).